The summed E-state index contributed by atoms with van der Waals surface area (Å²) in [4.78, 5) is 13.9. The molecule has 0 N–H and O–H groups in total. The largest absolute Gasteiger partial charge is 0.447 e. The van der Waals surface area contributed by atoms with E-state index in [1.165, 1.54) is 19.3 Å². The zero-order valence-corrected chi connectivity index (χ0v) is 11.7. The van der Waals surface area contributed by atoms with E-state index in [0.717, 1.165) is 18.4 Å². The first-order chi connectivity index (χ1) is 9.84. The van der Waals surface area contributed by atoms with E-state index in [2.05, 4.69) is 24.3 Å². The third kappa shape index (κ3) is 2.87. The van der Waals surface area contributed by atoms with Crippen LogP contribution < -0.4 is 0 Å². The minimum atomic E-state index is -0.139. The minimum Gasteiger partial charge on any atom is -0.447 e. The molecule has 1 saturated heterocycles. The molecule has 1 aliphatic carbocycles. The number of nitrogens with zero attached hydrogens (tertiary/aromatic N) is 1. The molecule has 0 radical (unpaired) electrons. The summed E-state index contributed by atoms with van der Waals surface area (Å²) in [6.07, 6.45) is 10.0. The van der Waals surface area contributed by atoms with E-state index >= 15 is 0 Å². The van der Waals surface area contributed by atoms with Crippen LogP contribution in [0.4, 0.5) is 4.79 Å². The van der Waals surface area contributed by atoms with Gasteiger partial charge in [-0.2, -0.15) is 0 Å². The van der Waals surface area contributed by atoms with Crippen LogP contribution in [0.5, 0.6) is 0 Å². The van der Waals surface area contributed by atoms with Gasteiger partial charge in [-0.1, -0.05) is 61.7 Å². The van der Waals surface area contributed by atoms with Crippen molar-refractivity contribution >= 4 is 12.2 Å². The Labute approximate surface area is 120 Å². The highest BCUT2D eigenvalue weighted by Gasteiger charge is 2.36. The summed E-state index contributed by atoms with van der Waals surface area (Å²) < 4.78 is 5.26. The average Bonchev–Trinajstić information content (AvgIpc) is 2.88. The standard InChI is InChI=1S/C17H21NO2/c19-17-18(15-9-5-2-6-10-15)16(13-20-17)12-11-14-7-3-1-4-8-14/h1,3-4,7-8,11-12,15-16H,2,5-6,9-10,13H2/b12-11+. The number of benzene rings is 1. The molecule has 3 nitrogen and oxygen atoms in total. The van der Waals surface area contributed by atoms with Gasteiger partial charge in [0.25, 0.3) is 0 Å². The van der Waals surface area contributed by atoms with Gasteiger partial charge in [-0.05, 0) is 18.4 Å². The maximum atomic E-state index is 12.0. The number of hydrogen-bond acceptors (Lipinski definition) is 2. The van der Waals surface area contributed by atoms with Crippen LogP contribution in [-0.4, -0.2) is 29.7 Å². The van der Waals surface area contributed by atoms with Crippen LogP contribution in [0.25, 0.3) is 6.08 Å². The van der Waals surface area contributed by atoms with E-state index in [0.29, 0.717) is 12.6 Å². The van der Waals surface area contributed by atoms with E-state index in [1.54, 1.807) is 0 Å². The lowest BCUT2D eigenvalue weighted by molar-refractivity contribution is 0.135. The first-order valence-electron chi connectivity index (χ1n) is 7.53. The quantitative estimate of drug-likeness (QED) is 0.835. The van der Waals surface area contributed by atoms with Gasteiger partial charge < -0.3 is 4.74 Å². The first kappa shape index (κ1) is 13.2. The molecule has 2 fully saturated rings. The fourth-order valence-corrected chi connectivity index (χ4v) is 3.16. The number of carbonyl (C=O) groups is 1. The number of ether oxygens (including phenoxy) is 1. The third-order valence-corrected chi connectivity index (χ3v) is 4.22. The van der Waals surface area contributed by atoms with Gasteiger partial charge in [-0.25, -0.2) is 4.79 Å². The van der Waals surface area contributed by atoms with Crippen molar-refractivity contribution in [1.29, 1.82) is 0 Å². The number of hydrogen-bond donors (Lipinski definition) is 0. The van der Waals surface area contributed by atoms with E-state index in [4.69, 9.17) is 4.74 Å². The average molecular weight is 271 g/mol. The molecule has 1 atom stereocenters. The minimum absolute atomic E-state index is 0.0887. The fourth-order valence-electron chi connectivity index (χ4n) is 3.16. The van der Waals surface area contributed by atoms with Gasteiger partial charge in [-0.15, -0.1) is 0 Å². The Hall–Kier alpha value is -1.77. The van der Waals surface area contributed by atoms with Crippen LogP contribution >= 0.6 is 0 Å². The molecule has 3 heteroatoms. The van der Waals surface area contributed by atoms with E-state index in [1.807, 2.05) is 23.1 Å². The first-order valence-corrected chi connectivity index (χ1v) is 7.53. The summed E-state index contributed by atoms with van der Waals surface area (Å²) in [6.45, 7) is 0.485. The highest BCUT2D eigenvalue weighted by Crippen LogP contribution is 2.28. The van der Waals surface area contributed by atoms with Gasteiger partial charge in [0.1, 0.15) is 6.61 Å². The predicted molar refractivity (Wildman–Crippen MR) is 79.3 cm³/mol. The number of carbonyl (C=O) groups excluding carboxylic acids is 1. The molecule has 0 spiro atoms. The van der Waals surface area contributed by atoms with Gasteiger partial charge in [0, 0.05) is 6.04 Å². The second-order valence-electron chi connectivity index (χ2n) is 5.61. The van der Waals surface area contributed by atoms with Crippen molar-refractivity contribution in [3.8, 4) is 0 Å². The molecule has 1 unspecified atom stereocenters. The van der Waals surface area contributed by atoms with Gasteiger partial charge in [0.15, 0.2) is 0 Å². The molecule has 1 saturated carbocycles. The van der Waals surface area contributed by atoms with Crippen LogP contribution in [0, 0.1) is 0 Å². The Morgan fingerprint density at radius 3 is 2.60 bits per heavy atom. The lowest BCUT2D eigenvalue weighted by Gasteiger charge is -2.32. The molecule has 2 aliphatic rings. The van der Waals surface area contributed by atoms with Crippen molar-refractivity contribution in [3.05, 3.63) is 42.0 Å². The topological polar surface area (TPSA) is 29.5 Å². The van der Waals surface area contributed by atoms with Gasteiger partial charge in [0.2, 0.25) is 0 Å². The van der Waals surface area contributed by atoms with Crippen LogP contribution in [0.15, 0.2) is 36.4 Å². The Bertz CT molecular complexity index is 477. The lowest BCUT2D eigenvalue weighted by Crippen LogP contribution is -2.42. The second-order valence-corrected chi connectivity index (χ2v) is 5.61. The van der Waals surface area contributed by atoms with E-state index in [-0.39, 0.29) is 12.1 Å². The van der Waals surface area contributed by atoms with E-state index < -0.39 is 0 Å². The molecule has 1 amide bonds. The zero-order valence-electron chi connectivity index (χ0n) is 11.7. The molecule has 3 rings (SSSR count). The van der Waals surface area contributed by atoms with Crippen LogP contribution in [0.2, 0.25) is 0 Å². The molecule has 1 heterocycles. The van der Waals surface area contributed by atoms with Crippen molar-refractivity contribution < 1.29 is 9.53 Å². The number of cyclic esters (lactones) is 1. The van der Waals surface area contributed by atoms with Crippen molar-refractivity contribution in [2.45, 2.75) is 44.2 Å². The molecule has 1 aromatic rings. The maximum absolute atomic E-state index is 12.0. The molecular weight excluding hydrogens is 250 g/mol. The Kier molecular flexibility index (Phi) is 4.05. The SMILES string of the molecule is O=C1OCC(/C=C/c2ccccc2)N1C1CCCCC1. The summed E-state index contributed by atoms with van der Waals surface area (Å²) in [5, 5.41) is 0. The summed E-state index contributed by atoms with van der Waals surface area (Å²) in [5.74, 6) is 0. The van der Waals surface area contributed by atoms with Gasteiger partial charge in [0.05, 0.1) is 6.04 Å². The van der Waals surface area contributed by atoms with Crippen LogP contribution in [-0.2, 0) is 4.74 Å². The number of amides is 1. The summed E-state index contributed by atoms with van der Waals surface area (Å²) >= 11 is 0. The summed E-state index contributed by atoms with van der Waals surface area (Å²) in [5.41, 5.74) is 1.16. The Morgan fingerprint density at radius 2 is 1.85 bits per heavy atom. The lowest BCUT2D eigenvalue weighted by atomic mass is 9.93. The van der Waals surface area contributed by atoms with Crippen molar-refractivity contribution in [2.75, 3.05) is 6.61 Å². The summed E-state index contributed by atoms with van der Waals surface area (Å²) in [6, 6.07) is 10.6. The highest BCUT2D eigenvalue weighted by molar-refractivity contribution is 5.71. The zero-order chi connectivity index (χ0) is 13.8. The molecule has 0 bridgehead atoms. The van der Waals surface area contributed by atoms with Crippen molar-refractivity contribution in [3.63, 3.8) is 0 Å². The van der Waals surface area contributed by atoms with E-state index in [9.17, 15) is 4.79 Å². The Morgan fingerprint density at radius 1 is 1.10 bits per heavy atom. The fraction of sp³-hybridized carbons (Fsp3) is 0.471. The molecule has 0 aromatic heterocycles. The normalized spacial score (nSPS) is 24.3. The maximum Gasteiger partial charge on any atom is 0.410 e. The molecule has 106 valence electrons. The number of rotatable bonds is 3. The molecule has 20 heavy (non-hydrogen) atoms. The summed E-state index contributed by atoms with van der Waals surface area (Å²) in [7, 11) is 0. The second kappa shape index (κ2) is 6.12. The van der Waals surface area contributed by atoms with Gasteiger partial charge >= 0.3 is 6.09 Å². The van der Waals surface area contributed by atoms with Crippen LogP contribution in [0.3, 0.4) is 0 Å². The molecule has 1 aliphatic heterocycles. The Balaban J connectivity index is 1.71. The van der Waals surface area contributed by atoms with Crippen molar-refractivity contribution in [1.82, 2.24) is 4.90 Å². The molecule has 1 aromatic carbocycles. The van der Waals surface area contributed by atoms with Crippen LogP contribution in [0.1, 0.15) is 37.7 Å². The van der Waals surface area contributed by atoms with Gasteiger partial charge in [-0.3, -0.25) is 4.90 Å². The smallest absolute Gasteiger partial charge is 0.410 e. The van der Waals surface area contributed by atoms with Crippen molar-refractivity contribution in [2.24, 2.45) is 0 Å². The predicted octanol–water partition coefficient (Wildman–Crippen LogP) is 3.85. The molecular formula is C17H21NO2. The monoisotopic (exact) mass is 271 g/mol. The highest BCUT2D eigenvalue weighted by atomic mass is 16.6. The third-order valence-electron chi connectivity index (χ3n) is 4.22.